The van der Waals surface area contributed by atoms with Crippen LogP contribution in [-0.2, 0) is 21.4 Å². The first-order valence-corrected chi connectivity index (χ1v) is 14.2. The average Bonchev–Trinajstić information content (AvgIpc) is 3.53. The van der Waals surface area contributed by atoms with Gasteiger partial charge in [0.25, 0.3) is 10.0 Å². The van der Waals surface area contributed by atoms with Crippen LogP contribution in [0.3, 0.4) is 0 Å². The van der Waals surface area contributed by atoms with Gasteiger partial charge in [-0.2, -0.15) is 0 Å². The number of thiazole rings is 1. The summed E-state index contributed by atoms with van der Waals surface area (Å²) in [5, 5.41) is 2.03. The van der Waals surface area contributed by atoms with Crippen molar-refractivity contribution in [2.24, 2.45) is 5.73 Å². The zero-order valence-electron chi connectivity index (χ0n) is 19.3. The number of nitrogens with zero attached hydrogens (tertiary/aromatic N) is 3. The topological polar surface area (TPSA) is 109 Å². The van der Waals surface area contributed by atoms with Crippen molar-refractivity contribution in [3.63, 3.8) is 0 Å². The zero-order chi connectivity index (χ0) is 24.4. The van der Waals surface area contributed by atoms with E-state index in [0.717, 1.165) is 43.6 Å². The first-order valence-electron chi connectivity index (χ1n) is 11.8. The molecule has 2 aliphatic heterocycles. The van der Waals surface area contributed by atoms with E-state index in [-0.39, 0.29) is 18.3 Å². The molecule has 5 rings (SSSR count). The molecule has 0 aliphatic carbocycles. The number of hydrogen-bond acceptors (Lipinski definition) is 7. The lowest BCUT2D eigenvalue weighted by Gasteiger charge is -2.35. The van der Waals surface area contributed by atoms with Crippen LogP contribution in [0.1, 0.15) is 37.7 Å². The van der Waals surface area contributed by atoms with E-state index < -0.39 is 10.0 Å². The lowest BCUT2D eigenvalue weighted by Crippen LogP contribution is -2.45. The fourth-order valence-corrected chi connectivity index (χ4v) is 6.77. The van der Waals surface area contributed by atoms with Crippen LogP contribution >= 0.6 is 11.3 Å². The Morgan fingerprint density at radius 3 is 2.37 bits per heavy atom. The van der Waals surface area contributed by atoms with Gasteiger partial charge in [0, 0.05) is 31.8 Å². The molecule has 1 amide bonds. The molecule has 8 nitrogen and oxygen atoms in total. The minimum atomic E-state index is -3.72. The summed E-state index contributed by atoms with van der Waals surface area (Å²) in [6, 6.07) is 14.9. The van der Waals surface area contributed by atoms with Gasteiger partial charge in [0.2, 0.25) is 5.91 Å². The third-order valence-corrected chi connectivity index (χ3v) is 9.12. The van der Waals surface area contributed by atoms with Gasteiger partial charge in [0.1, 0.15) is 0 Å². The Labute approximate surface area is 211 Å². The number of likely N-dealkylation sites (tertiary alicyclic amines) is 1. The number of nitrogens with one attached hydrogen (secondary N) is 1. The number of sulfonamides is 1. The van der Waals surface area contributed by atoms with Crippen molar-refractivity contribution in [3.8, 4) is 0 Å². The van der Waals surface area contributed by atoms with Crippen LogP contribution in [0, 0.1) is 0 Å². The lowest BCUT2D eigenvalue weighted by molar-refractivity contribution is -0.122. The second kappa shape index (κ2) is 10.1. The quantitative estimate of drug-likeness (QED) is 0.499. The van der Waals surface area contributed by atoms with Crippen molar-refractivity contribution in [2.75, 3.05) is 29.3 Å². The standard InChI is InChI=1S/C25H29N5O3S2.H2/c26-17-18-1-3-19(4-2-18)20-9-13-29(14-10-20)23-11-15-30(24(23)31)21-5-7-22(8-6-21)35(32,33)28-25-27-12-16-34-25;/h1-8,12,16,20,23H,9-11,13-15,17,26H2,(H,27,28);1H/t23-;/m0./s1. The lowest BCUT2D eigenvalue weighted by atomic mass is 9.88. The molecule has 35 heavy (non-hydrogen) atoms. The second-order valence-electron chi connectivity index (χ2n) is 8.99. The summed E-state index contributed by atoms with van der Waals surface area (Å²) in [6.07, 6.45) is 4.39. The maximum absolute atomic E-state index is 13.3. The Balaban J connectivity index is 0.00000304. The van der Waals surface area contributed by atoms with Crippen LogP contribution in [0.5, 0.6) is 0 Å². The van der Waals surface area contributed by atoms with Crippen molar-refractivity contribution < 1.29 is 14.6 Å². The van der Waals surface area contributed by atoms with E-state index in [0.29, 0.717) is 24.1 Å². The van der Waals surface area contributed by atoms with Gasteiger partial charge in [0.05, 0.1) is 10.9 Å². The number of aromatic nitrogens is 1. The van der Waals surface area contributed by atoms with Gasteiger partial charge in [-0.1, -0.05) is 24.3 Å². The molecule has 1 aromatic heterocycles. The minimum Gasteiger partial charge on any atom is -0.326 e. The summed E-state index contributed by atoms with van der Waals surface area (Å²) >= 11 is 1.22. The van der Waals surface area contributed by atoms with Crippen molar-refractivity contribution in [2.45, 2.75) is 42.7 Å². The molecule has 0 radical (unpaired) electrons. The molecular weight excluding hydrogens is 482 g/mol. The molecule has 2 saturated heterocycles. The smallest absolute Gasteiger partial charge is 0.263 e. The van der Waals surface area contributed by atoms with Gasteiger partial charge in [0.15, 0.2) is 5.13 Å². The van der Waals surface area contributed by atoms with E-state index in [1.54, 1.807) is 28.6 Å². The molecule has 0 spiro atoms. The number of carbonyl (C=O) groups is 1. The van der Waals surface area contributed by atoms with Crippen LogP contribution in [0.2, 0.25) is 0 Å². The maximum Gasteiger partial charge on any atom is 0.263 e. The van der Waals surface area contributed by atoms with Gasteiger partial charge in [-0.3, -0.25) is 14.4 Å². The first-order chi connectivity index (χ1) is 16.9. The van der Waals surface area contributed by atoms with E-state index in [9.17, 15) is 13.2 Å². The summed E-state index contributed by atoms with van der Waals surface area (Å²) in [5.74, 6) is 0.602. The van der Waals surface area contributed by atoms with E-state index in [1.807, 2.05) is 0 Å². The first kappa shape index (κ1) is 23.9. The largest absolute Gasteiger partial charge is 0.326 e. The van der Waals surface area contributed by atoms with E-state index in [2.05, 4.69) is 38.9 Å². The Kier molecular flexibility index (Phi) is 6.88. The third-order valence-electron chi connectivity index (χ3n) is 6.95. The average molecular weight is 514 g/mol. The molecule has 1 atom stereocenters. The van der Waals surface area contributed by atoms with E-state index in [1.165, 1.54) is 29.0 Å². The minimum absolute atomic E-state index is 0. The predicted octanol–water partition coefficient (Wildman–Crippen LogP) is 3.63. The number of hydrogen-bond donors (Lipinski definition) is 2. The highest BCUT2D eigenvalue weighted by Gasteiger charge is 2.38. The van der Waals surface area contributed by atoms with Gasteiger partial charge >= 0.3 is 0 Å². The number of benzene rings is 2. The Morgan fingerprint density at radius 1 is 1.03 bits per heavy atom. The number of rotatable bonds is 7. The Hall–Kier alpha value is -2.79. The molecule has 2 aromatic carbocycles. The second-order valence-corrected chi connectivity index (χ2v) is 11.6. The molecule has 3 N–H and O–H groups in total. The van der Waals surface area contributed by atoms with E-state index >= 15 is 0 Å². The fraction of sp³-hybridized carbons (Fsp3) is 0.360. The van der Waals surface area contributed by atoms with Crippen LogP contribution in [0.15, 0.2) is 65.0 Å². The van der Waals surface area contributed by atoms with Crippen molar-refractivity contribution in [1.29, 1.82) is 0 Å². The van der Waals surface area contributed by atoms with Gasteiger partial charge in [-0.05, 0) is 73.7 Å². The molecule has 0 unspecified atom stereocenters. The van der Waals surface area contributed by atoms with E-state index in [4.69, 9.17) is 5.73 Å². The molecule has 0 saturated carbocycles. The van der Waals surface area contributed by atoms with Crippen molar-refractivity contribution >= 4 is 38.1 Å². The summed E-state index contributed by atoms with van der Waals surface area (Å²) in [4.78, 5) is 21.4. The molecule has 0 bridgehead atoms. The SMILES string of the molecule is NCc1ccc(C2CCN([C@H]3CCN(c4ccc(S(=O)(=O)Nc5nccs5)cc4)C3=O)CC2)cc1.[HH]. The summed E-state index contributed by atoms with van der Waals surface area (Å²) in [5.41, 5.74) is 8.92. The normalized spacial score (nSPS) is 19.9. The van der Waals surface area contributed by atoms with Crippen LogP contribution in [0.25, 0.3) is 0 Å². The third kappa shape index (κ3) is 5.11. The number of piperidine rings is 1. The fourth-order valence-electron chi connectivity index (χ4n) is 4.98. The Bertz CT molecular complexity index is 1260. The maximum atomic E-state index is 13.3. The molecule has 3 aromatic rings. The zero-order valence-corrected chi connectivity index (χ0v) is 21.0. The van der Waals surface area contributed by atoms with Crippen molar-refractivity contribution in [3.05, 3.63) is 71.2 Å². The highest BCUT2D eigenvalue weighted by molar-refractivity contribution is 7.93. The molecule has 2 fully saturated rings. The Morgan fingerprint density at radius 2 is 1.74 bits per heavy atom. The summed E-state index contributed by atoms with van der Waals surface area (Å²) in [7, 11) is -3.72. The highest BCUT2D eigenvalue weighted by atomic mass is 32.2. The highest BCUT2D eigenvalue weighted by Crippen LogP contribution is 2.32. The van der Waals surface area contributed by atoms with Crippen LogP contribution < -0.4 is 15.4 Å². The van der Waals surface area contributed by atoms with Crippen LogP contribution in [-0.4, -0.2) is 49.9 Å². The molecule has 3 heterocycles. The molecular formula is C25H31N5O3S2. The summed E-state index contributed by atoms with van der Waals surface area (Å²) in [6.45, 7) is 2.98. The molecule has 2 aliphatic rings. The van der Waals surface area contributed by atoms with Gasteiger partial charge in [-0.25, -0.2) is 13.4 Å². The van der Waals surface area contributed by atoms with Gasteiger partial charge in [-0.15, -0.1) is 11.3 Å². The molecule has 186 valence electrons. The monoisotopic (exact) mass is 513 g/mol. The van der Waals surface area contributed by atoms with Crippen molar-refractivity contribution in [1.82, 2.24) is 9.88 Å². The molecule has 10 heteroatoms. The van der Waals surface area contributed by atoms with Gasteiger partial charge < -0.3 is 10.6 Å². The van der Waals surface area contributed by atoms with Crippen LogP contribution in [0.4, 0.5) is 10.8 Å². The number of nitrogens with two attached hydrogens (primary N) is 1. The summed E-state index contributed by atoms with van der Waals surface area (Å²) < 4.78 is 27.6. The number of carbonyl (C=O) groups excluding carboxylic acids is 1. The number of anilines is 2. The number of amides is 1. The predicted molar refractivity (Wildman–Crippen MR) is 140 cm³/mol.